The number of carbonyl (C=O) groups excluding carboxylic acids is 2. The minimum atomic E-state index is -4.01. The topological polar surface area (TPSA) is 105 Å². The highest BCUT2D eigenvalue weighted by Gasteiger charge is 2.27. The van der Waals surface area contributed by atoms with Crippen LogP contribution in [0.25, 0.3) is 0 Å². The van der Waals surface area contributed by atoms with Crippen LogP contribution < -0.4 is 14.9 Å². The number of ether oxygens (including phenoxy) is 1. The number of sulfonamides is 1. The van der Waals surface area contributed by atoms with E-state index in [0.29, 0.717) is 24.5 Å². The molecule has 0 aliphatic carbocycles. The fourth-order valence-corrected chi connectivity index (χ4v) is 5.29. The van der Waals surface area contributed by atoms with Crippen molar-refractivity contribution in [2.45, 2.75) is 23.8 Å². The Balaban J connectivity index is 1.52. The Bertz CT molecular complexity index is 1260. The van der Waals surface area contributed by atoms with E-state index in [-0.39, 0.29) is 22.5 Å². The molecule has 9 heteroatoms. The molecule has 0 saturated carbocycles. The normalized spacial score (nSPS) is 15.4. The van der Waals surface area contributed by atoms with Crippen LogP contribution in [0.2, 0.25) is 0 Å². The van der Waals surface area contributed by atoms with E-state index in [0.717, 1.165) is 17.1 Å². The first-order valence-corrected chi connectivity index (χ1v) is 12.8. The summed E-state index contributed by atoms with van der Waals surface area (Å²) in [7, 11) is -4.01. The SMILES string of the molecule is O=C(CN(c1ccccc1)S(=O)(=O)c1ccccc1)Nc1ccccc1C(=O)NC[C@H]1CCCO1. The second kappa shape index (κ2) is 11.2. The minimum Gasteiger partial charge on any atom is -0.376 e. The van der Waals surface area contributed by atoms with Gasteiger partial charge in [0.2, 0.25) is 5.91 Å². The Kier molecular flexibility index (Phi) is 7.79. The fourth-order valence-electron chi connectivity index (χ4n) is 3.85. The van der Waals surface area contributed by atoms with E-state index in [1.165, 1.54) is 12.1 Å². The third-order valence-electron chi connectivity index (χ3n) is 5.62. The van der Waals surface area contributed by atoms with E-state index >= 15 is 0 Å². The third-order valence-corrected chi connectivity index (χ3v) is 7.41. The maximum Gasteiger partial charge on any atom is 0.264 e. The van der Waals surface area contributed by atoms with Gasteiger partial charge in [-0.2, -0.15) is 0 Å². The zero-order valence-electron chi connectivity index (χ0n) is 19.1. The van der Waals surface area contributed by atoms with Crippen molar-refractivity contribution >= 4 is 33.2 Å². The maximum absolute atomic E-state index is 13.4. The molecule has 1 heterocycles. The predicted octanol–water partition coefficient (Wildman–Crippen LogP) is 3.43. The van der Waals surface area contributed by atoms with Crippen molar-refractivity contribution in [2.75, 3.05) is 29.3 Å². The van der Waals surface area contributed by atoms with E-state index in [1.54, 1.807) is 72.8 Å². The summed E-state index contributed by atoms with van der Waals surface area (Å²) in [6, 6.07) is 23.0. The summed E-state index contributed by atoms with van der Waals surface area (Å²) in [4.78, 5) is 25.9. The molecule has 4 rings (SSSR count). The molecule has 0 unspecified atom stereocenters. The van der Waals surface area contributed by atoms with Crippen LogP contribution in [0.1, 0.15) is 23.2 Å². The van der Waals surface area contributed by atoms with Gasteiger partial charge in [0, 0.05) is 13.2 Å². The highest BCUT2D eigenvalue weighted by Crippen LogP contribution is 2.24. The van der Waals surface area contributed by atoms with Gasteiger partial charge < -0.3 is 15.4 Å². The third kappa shape index (κ3) is 6.06. The van der Waals surface area contributed by atoms with E-state index < -0.39 is 22.5 Å². The molecule has 35 heavy (non-hydrogen) atoms. The summed E-state index contributed by atoms with van der Waals surface area (Å²) < 4.78 is 33.3. The molecule has 0 aromatic heterocycles. The van der Waals surface area contributed by atoms with E-state index in [1.807, 2.05) is 0 Å². The van der Waals surface area contributed by atoms with Gasteiger partial charge in [-0.25, -0.2) is 8.42 Å². The molecule has 3 aromatic carbocycles. The number of nitrogens with zero attached hydrogens (tertiary/aromatic N) is 1. The lowest BCUT2D eigenvalue weighted by atomic mass is 10.1. The molecule has 2 amide bonds. The van der Waals surface area contributed by atoms with Gasteiger partial charge >= 0.3 is 0 Å². The highest BCUT2D eigenvalue weighted by molar-refractivity contribution is 7.92. The van der Waals surface area contributed by atoms with Gasteiger partial charge in [0.05, 0.1) is 27.9 Å². The standard InChI is InChI=1S/C26H27N3O5S/c30-25(28-24-16-8-7-15-23(24)26(31)27-18-21-12-9-17-34-21)19-29(20-10-3-1-4-11-20)35(32,33)22-13-5-2-6-14-22/h1-8,10-11,13-16,21H,9,12,17-19H2,(H,27,31)(H,28,30)/t21-/m1/s1. The lowest BCUT2D eigenvalue weighted by molar-refractivity contribution is -0.114. The number of hydrogen-bond acceptors (Lipinski definition) is 5. The van der Waals surface area contributed by atoms with Crippen LogP contribution >= 0.6 is 0 Å². The lowest BCUT2D eigenvalue weighted by Gasteiger charge is -2.24. The molecule has 1 saturated heterocycles. The number of para-hydroxylation sites is 2. The smallest absolute Gasteiger partial charge is 0.264 e. The Morgan fingerprint density at radius 3 is 2.26 bits per heavy atom. The van der Waals surface area contributed by atoms with Crippen molar-refractivity contribution in [1.29, 1.82) is 0 Å². The van der Waals surface area contributed by atoms with Crippen molar-refractivity contribution in [1.82, 2.24) is 5.32 Å². The maximum atomic E-state index is 13.4. The average Bonchev–Trinajstić information content (AvgIpc) is 3.41. The number of carbonyl (C=O) groups is 2. The van der Waals surface area contributed by atoms with Gasteiger partial charge in [-0.15, -0.1) is 0 Å². The van der Waals surface area contributed by atoms with Crippen molar-refractivity contribution in [3.05, 3.63) is 90.5 Å². The van der Waals surface area contributed by atoms with Gasteiger partial charge in [0.25, 0.3) is 15.9 Å². The molecule has 0 spiro atoms. The molecule has 2 N–H and O–H groups in total. The molecule has 1 atom stereocenters. The fraction of sp³-hybridized carbons (Fsp3) is 0.231. The molecule has 0 radical (unpaired) electrons. The molecule has 1 aliphatic rings. The summed E-state index contributed by atoms with van der Waals surface area (Å²) in [5.74, 6) is -0.916. The van der Waals surface area contributed by atoms with Gasteiger partial charge in [-0.3, -0.25) is 13.9 Å². The first-order chi connectivity index (χ1) is 16.9. The number of anilines is 2. The summed E-state index contributed by atoms with van der Waals surface area (Å²) in [6.07, 6.45) is 1.85. The van der Waals surface area contributed by atoms with Gasteiger partial charge in [0.15, 0.2) is 0 Å². The molecule has 1 fully saturated rings. The van der Waals surface area contributed by atoms with Crippen molar-refractivity contribution in [2.24, 2.45) is 0 Å². The largest absolute Gasteiger partial charge is 0.376 e. The number of benzene rings is 3. The van der Waals surface area contributed by atoms with E-state index in [2.05, 4.69) is 10.6 Å². The molecular weight excluding hydrogens is 466 g/mol. The molecule has 8 nitrogen and oxygen atoms in total. The minimum absolute atomic E-state index is 0.0108. The Hall–Kier alpha value is -3.69. The Labute approximate surface area is 205 Å². The monoisotopic (exact) mass is 493 g/mol. The molecule has 1 aliphatic heterocycles. The Morgan fingerprint density at radius 2 is 1.57 bits per heavy atom. The Morgan fingerprint density at radius 1 is 0.914 bits per heavy atom. The number of rotatable bonds is 9. The highest BCUT2D eigenvalue weighted by atomic mass is 32.2. The zero-order valence-corrected chi connectivity index (χ0v) is 19.9. The van der Waals surface area contributed by atoms with Crippen LogP contribution in [-0.2, 0) is 19.6 Å². The van der Waals surface area contributed by atoms with Crippen LogP contribution in [0.4, 0.5) is 11.4 Å². The average molecular weight is 494 g/mol. The van der Waals surface area contributed by atoms with Crippen LogP contribution in [0, 0.1) is 0 Å². The molecule has 182 valence electrons. The van der Waals surface area contributed by atoms with Crippen molar-refractivity contribution < 1.29 is 22.7 Å². The summed E-state index contributed by atoms with van der Waals surface area (Å²) in [5.41, 5.74) is 0.942. The first kappa shape index (κ1) is 24.4. The molecule has 3 aromatic rings. The molecular formula is C26H27N3O5S. The summed E-state index contributed by atoms with van der Waals surface area (Å²) in [6.45, 7) is 0.613. The quantitative estimate of drug-likeness (QED) is 0.475. The second-order valence-corrected chi connectivity index (χ2v) is 9.96. The summed E-state index contributed by atoms with van der Waals surface area (Å²) in [5, 5.41) is 5.55. The predicted molar refractivity (Wildman–Crippen MR) is 134 cm³/mol. The number of amides is 2. The van der Waals surface area contributed by atoms with Gasteiger partial charge in [-0.05, 0) is 49.2 Å². The van der Waals surface area contributed by atoms with E-state index in [9.17, 15) is 18.0 Å². The zero-order chi connectivity index (χ0) is 24.7. The summed E-state index contributed by atoms with van der Waals surface area (Å²) >= 11 is 0. The van der Waals surface area contributed by atoms with Crippen molar-refractivity contribution in [3.63, 3.8) is 0 Å². The van der Waals surface area contributed by atoms with Crippen LogP contribution in [-0.4, -0.2) is 46.0 Å². The second-order valence-electron chi connectivity index (χ2n) is 8.10. The van der Waals surface area contributed by atoms with E-state index in [4.69, 9.17) is 4.74 Å². The van der Waals surface area contributed by atoms with Crippen LogP contribution in [0.15, 0.2) is 89.8 Å². The lowest BCUT2D eigenvalue weighted by Crippen LogP contribution is -2.38. The van der Waals surface area contributed by atoms with Gasteiger partial charge in [0.1, 0.15) is 6.54 Å². The number of hydrogen-bond donors (Lipinski definition) is 2. The van der Waals surface area contributed by atoms with Crippen LogP contribution in [0.5, 0.6) is 0 Å². The van der Waals surface area contributed by atoms with Crippen LogP contribution in [0.3, 0.4) is 0 Å². The molecule has 0 bridgehead atoms. The first-order valence-electron chi connectivity index (χ1n) is 11.4. The van der Waals surface area contributed by atoms with Crippen molar-refractivity contribution in [3.8, 4) is 0 Å². The van der Waals surface area contributed by atoms with Gasteiger partial charge in [-0.1, -0.05) is 48.5 Å². The number of nitrogens with one attached hydrogen (secondary N) is 2.